The van der Waals surface area contributed by atoms with Gasteiger partial charge in [-0.3, -0.25) is 4.79 Å². The van der Waals surface area contributed by atoms with E-state index in [9.17, 15) is 4.79 Å². The van der Waals surface area contributed by atoms with Gasteiger partial charge in [0.15, 0.2) is 5.65 Å². The molecule has 0 radical (unpaired) electrons. The van der Waals surface area contributed by atoms with Gasteiger partial charge < -0.3 is 10.6 Å². The van der Waals surface area contributed by atoms with E-state index in [1.54, 1.807) is 23.0 Å². The summed E-state index contributed by atoms with van der Waals surface area (Å²) in [5, 5.41) is 10.1. The van der Waals surface area contributed by atoms with E-state index < -0.39 is 0 Å². The van der Waals surface area contributed by atoms with E-state index >= 15 is 0 Å². The van der Waals surface area contributed by atoms with Crippen LogP contribution in [0.4, 0.5) is 0 Å². The summed E-state index contributed by atoms with van der Waals surface area (Å²) in [5.41, 5.74) is 1.09. The van der Waals surface area contributed by atoms with Crippen LogP contribution >= 0.6 is 0 Å². The summed E-state index contributed by atoms with van der Waals surface area (Å²) in [4.78, 5) is 16.1. The van der Waals surface area contributed by atoms with Crippen molar-refractivity contribution in [1.82, 2.24) is 25.2 Å². The molecule has 1 amide bonds. The van der Waals surface area contributed by atoms with Crippen LogP contribution in [0.1, 0.15) is 23.7 Å². The molecule has 0 aliphatic rings. The molecule has 0 spiro atoms. The highest BCUT2D eigenvalue weighted by atomic mass is 16.1. The van der Waals surface area contributed by atoms with Gasteiger partial charge in [-0.1, -0.05) is 6.92 Å². The number of carbonyl (C=O) groups is 1. The number of hydrogen-bond donors (Lipinski definition) is 2. The minimum absolute atomic E-state index is 0.137. The first-order valence-corrected chi connectivity index (χ1v) is 6.10. The molecule has 2 N–H and O–H groups in total. The van der Waals surface area contributed by atoms with Crippen LogP contribution < -0.4 is 10.6 Å². The van der Waals surface area contributed by atoms with Crippen molar-refractivity contribution >= 4 is 11.6 Å². The Morgan fingerprint density at radius 1 is 1.39 bits per heavy atom. The molecule has 6 nitrogen and oxygen atoms in total. The smallest absolute Gasteiger partial charge is 0.256 e. The third-order valence-corrected chi connectivity index (χ3v) is 2.54. The summed E-state index contributed by atoms with van der Waals surface area (Å²) in [6.07, 6.45) is 6.04. The zero-order valence-electron chi connectivity index (χ0n) is 10.4. The van der Waals surface area contributed by atoms with Gasteiger partial charge in [0.1, 0.15) is 5.56 Å². The Bertz CT molecular complexity index is 522. The number of amides is 1. The van der Waals surface area contributed by atoms with E-state index in [1.165, 1.54) is 6.20 Å². The molecule has 0 fully saturated rings. The van der Waals surface area contributed by atoms with Crippen molar-refractivity contribution in [2.24, 2.45) is 0 Å². The quantitative estimate of drug-likeness (QED) is 0.727. The lowest BCUT2D eigenvalue weighted by Gasteiger charge is -2.04. The molecule has 2 aromatic heterocycles. The Morgan fingerprint density at radius 3 is 3.11 bits per heavy atom. The minimum atomic E-state index is -0.137. The lowest BCUT2D eigenvalue weighted by atomic mass is 10.3. The van der Waals surface area contributed by atoms with Gasteiger partial charge in [0.05, 0.1) is 6.20 Å². The normalized spacial score (nSPS) is 10.7. The summed E-state index contributed by atoms with van der Waals surface area (Å²) in [5.74, 6) is -0.137. The number of carbonyl (C=O) groups excluding carboxylic acids is 1. The van der Waals surface area contributed by atoms with Gasteiger partial charge in [0.25, 0.3) is 5.91 Å². The van der Waals surface area contributed by atoms with E-state index in [2.05, 4.69) is 27.6 Å². The molecule has 6 heteroatoms. The molecule has 0 saturated heterocycles. The van der Waals surface area contributed by atoms with Gasteiger partial charge in [-0.05, 0) is 19.0 Å². The molecule has 96 valence electrons. The van der Waals surface area contributed by atoms with Crippen molar-refractivity contribution in [3.63, 3.8) is 0 Å². The van der Waals surface area contributed by atoms with E-state index in [0.29, 0.717) is 17.8 Å². The van der Waals surface area contributed by atoms with Crippen LogP contribution in [0, 0.1) is 0 Å². The molecule has 2 aromatic rings. The van der Waals surface area contributed by atoms with Crippen LogP contribution in [0.25, 0.3) is 5.65 Å². The fraction of sp³-hybridized carbons (Fsp3) is 0.417. The molecule has 0 saturated carbocycles. The zero-order valence-corrected chi connectivity index (χ0v) is 10.4. The average Bonchev–Trinajstić information content (AvgIpc) is 2.82. The Morgan fingerprint density at radius 2 is 2.28 bits per heavy atom. The minimum Gasteiger partial charge on any atom is -0.351 e. The van der Waals surface area contributed by atoms with Gasteiger partial charge in [0.2, 0.25) is 0 Å². The van der Waals surface area contributed by atoms with Crippen LogP contribution in [-0.4, -0.2) is 40.1 Å². The molecule has 2 heterocycles. The SMILES string of the molecule is CCCNCCNC(=O)c1cnn2cccnc12. The van der Waals surface area contributed by atoms with Gasteiger partial charge in [-0.25, -0.2) is 9.50 Å². The van der Waals surface area contributed by atoms with Crippen molar-refractivity contribution in [2.75, 3.05) is 19.6 Å². The maximum atomic E-state index is 11.9. The third-order valence-electron chi connectivity index (χ3n) is 2.54. The molecule has 2 rings (SSSR count). The van der Waals surface area contributed by atoms with Crippen LogP contribution in [0.3, 0.4) is 0 Å². The highest BCUT2D eigenvalue weighted by molar-refractivity contribution is 5.99. The van der Waals surface area contributed by atoms with Crippen molar-refractivity contribution < 1.29 is 4.79 Å². The molecule has 0 aliphatic carbocycles. The zero-order chi connectivity index (χ0) is 12.8. The fourth-order valence-corrected chi connectivity index (χ4v) is 1.65. The highest BCUT2D eigenvalue weighted by Crippen LogP contribution is 2.05. The van der Waals surface area contributed by atoms with Crippen molar-refractivity contribution in [1.29, 1.82) is 0 Å². The number of nitrogens with one attached hydrogen (secondary N) is 2. The molecule has 18 heavy (non-hydrogen) atoms. The van der Waals surface area contributed by atoms with E-state index in [-0.39, 0.29) is 5.91 Å². The van der Waals surface area contributed by atoms with Crippen LogP contribution in [0.5, 0.6) is 0 Å². The van der Waals surface area contributed by atoms with Gasteiger partial charge in [-0.15, -0.1) is 0 Å². The summed E-state index contributed by atoms with van der Waals surface area (Å²) >= 11 is 0. The Hall–Kier alpha value is -1.95. The fourth-order valence-electron chi connectivity index (χ4n) is 1.65. The summed E-state index contributed by atoms with van der Waals surface area (Å²) in [6.45, 7) is 4.44. The summed E-state index contributed by atoms with van der Waals surface area (Å²) in [6, 6.07) is 1.77. The van der Waals surface area contributed by atoms with E-state index in [0.717, 1.165) is 19.5 Å². The Labute approximate surface area is 105 Å². The van der Waals surface area contributed by atoms with E-state index in [4.69, 9.17) is 0 Å². The van der Waals surface area contributed by atoms with E-state index in [1.807, 2.05) is 0 Å². The molecule has 0 atom stereocenters. The van der Waals surface area contributed by atoms with Gasteiger partial charge >= 0.3 is 0 Å². The first-order chi connectivity index (χ1) is 8.83. The maximum Gasteiger partial charge on any atom is 0.256 e. The van der Waals surface area contributed by atoms with Gasteiger partial charge in [0, 0.05) is 25.5 Å². The maximum absolute atomic E-state index is 11.9. The second-order valence-electron chi connectivity index (χ2n) is 3.95. The number of aromatic nitrogens is 3. The average molecular weight is 247 g/mol. The molecular weight excluding hydrogens is 230 g/mol. The third kappa shape index (κ3) is 2.84. The van der Waals surface area contributed by atoms with Crippen LogP contribution in [0.2, 0.25) is 0 Å². The van der Waals surface area contributed by atoms with Crippen LogP contribution in [-0.2, 0) is 0 Å². The molecule has 0 aromatic carbocycles. The standard InChI is InChI=1S/C12H17N5O/c1-2-4-13-6-7-15-12(18)10-9-16-17-8-3-5-14-11(10)17/h3,5,8-9,13H,2,4,6-7H2,1H3,(H,15,18). The predicted octanol–water partition coefficient (Wildman–Crippen LogP) is 0.459. The molecule has 0 unspecified atom stereocenters. The summed E-state index contributed by atoms with van der Waals surface area (Å²) < 4.78 is 1.59. The topological polar surface area (TPSA) is 71.3 Å². The summed E-state index contributed by atoms with van der Waals surface area (Å²) in [7, 11) is 0. The first-order valence-electron chi connectivity index (χ1n) is 6.10. The number of hydrogen-bond acceptors (Lipinski definition) is 4. The molecule has 0 bridgehead atoms. The monoisotopic (exact) mass is 247 g/mol. The number of rotatable bonds is 6. The Balaban J connectivity index is 1.93. The molecular formula is C12H17N5O. The predicted molar refractivity (Wildman–Crippen MR) is 68.5 cm³/mol. The molecule has 0 aliphatic heterocycles. The van der Waals surface area contributed by atoms with Crippen molar-refractivity contribution in [3.05, 3.63) is 30.2 Å². The highest BCUT2D eigenvalue weighted by Gasteiger charge is 2.12. The second-order valence-corrected chi connectivity index (χ2v) is 3.95. The second kappa shape index (κ2) is 6.11. The lowest BCUT2D eigenvalue weighted by molar-refractivity contribution is 0.0955. The van der Waals surface area contributed by atoms with Gasteiger partial charge in [-0.2, -0.15) is 5.10 Å². The van der Waals surface area contributed by atoms with Crippen molar-refractivity contribution in [2.45, 2.75) is 13.3 Å². The van der Waals surface area contributed by atoms with Crippen LogP contribution in [0.15, 0.2) is 24.7 Å². The number of fused-ring (bicyclic) bond motifs is 1. The van der Waals surface area contributed by atoms with Crippen molar-refractivity contribution in [3.8, 4) is 0 Å². The lowest BCUT2D eigenvalue weighted by Crippen LogP contribution is -2.32. The first kappa shape index (κ1) is 12.5. The number of nitrogens with zero attached hydrogens (tertiary/aromatic N) is 3. The largest absolute Gasteiger partial charge is 0.351 e. The Kier molecular flexibility index (Phi) is 4.25.